The SMILES string of the molecule is O=[N+]([O-])c1ccc(C[n+]2ccc(C(O)(c3ccc(C(F)(F)F)cc3)c3ccc(C(F)(F)F)cc3)cc2)cc1.[Cl-]. The number of benzene rings is 3. The van der Waals surface area contributed by atoms with Gasteiger partial charge in [-0.2, -0.15) is 26.3 Å². The maximum atomic E-state index is 13.1. The van der Waals surface area contributed by atoms with E-state index in [-0.39, 0.29) is 34.8 Å². The summed E-state index contributed by atoms with van der Waals surface area (Å²) >= 11 is 0. The molecule has 1 heterocycles. The molecule has 4 aromatic rings. The highest BCUT2D eigenvalue weighted by Crippen LogP contribution is 2.39. The van der Waals surface area contributed by atoms with Crippen LogP contribution in [0.15, 0.2) is 97.3 Å². The van der Waals surface area contributed by atoms with Gasteiger partial charge in [-0.05, 0) is 47.5 Å². The molecule has 0 spiro atoms. The number of nitro benzene ring substituents is 1. The summed E-state index contributed by atoms with van der Waals surface area (Å²) in [6.45, 7) is 0.317. The molecule has 0 fully saturated rings. The van der Waals surface area contributed by atoms with Gasteiger partial charge in [0.15, 0.2) is 18.9 Å². The van der Waals surface area contributed by atoms with Gasteiger partial charge in [-0.1, -0.05) is 24.3 Å². The Hall–Kier alpha value is -3.96. The van der Waals surface area contributed by atoms with Gasteiger partial charge in [0.2, 0.25) is 0 Å². The number of non-ortho nitro benzene ring substituents is 1. The Labute approximate surface area is 224 Å². The van der Waals surface area contributed by atoms with Crippen LogP contribution in [0.3, 0.4) is 0 Å². The monoisotopic (exact) mass is 568 g/mol. The van der Waals surface area contributed by atoms with Crippen molar-refractivity contribution in [3.05, 3.63) is 141 Å². The molecule has 0 atom stereocenters. The molecule has 0 bridgehead atoms. The molecule has 0 unspecified atom stereocenters. The Morgan fingerprint density at radius 1 is 0.641 bits per heavy atom. The molecule has 39 heavy (non-hydrogen) atoms. The van der Waals surface area contributed by atoms with Gasteiger partial charge in [0.05, 0.1) is 16.1 Å². The average molecular weight is 569 g/mol. The number of aliphatic hydroxyl groups is 1. The van der Waals surface area contributed by atoms with Crippen molar-refractivity contribution in [1.82, 2.24) is 0 Å². The van der Waals surface area contributed by atoms with E-state index in [1.54, 1.807) is 29.1 Å². The molecular weight excluding hydrogens is 550 g/mol. The minimum Gasteiger partial charge on any atom is -1.00 e. The van der Waals surface area contributed by atoms with Crippen LogP contribution in [0.1, 0.15) is 33.4 Å². The van der Waals surface area contributed by atoms with Gasteiger partial charge in [-0.15, -0.1) is 0 Å². The van der Waals surface area contributed by atoms with Gasteiger partial charge in [0.1, 0.15) is 5.60 Å². The van der Waals surface area contributed by atoms with E-state index >= 15 is 0 Å². The first-order chi connectivity index (χ1) is 17.8. The quantitative estimate of drug-likeness (QED) is 0.168. The second-order valence-corrected chi connectivity index (χ2v) is 8.54. The minimum absolute atomic E-state index is 0. The zero-order valence-electron chi connectivity index (χ0n) is 19.7. The van der Waals surface area contributed by atoms with Crippen molar-refractivity contribution in [3.63, 3.8) is 0 Å². The lowest BCUT2D eigenvalue weighted by Gasteiger charge is -2.30. The highest BCUT2D eigenvalue weighted by atomic mass is 35.5. The zero-order chi connectivity index (χ0) is 27.7. The summed E-state index contributed by atoms with van der Waals surface area (Å²) in [7, 11) is 0. The number of rotatable bonds is 6. The predicted molar refractivity (Wildman–Crippen MR) is 124 cm³/mol. The fourth-order valence-electron chi connectivity index (χ4n) is 4.04. The third-order valence-corrected chi connectivity index (χ3v) is 6.08. The van der Waals surface area contributed by atoms with E-state index in [0.717, 1.165) is 54.1 Å². The van der Waals surface area contributed by atoms with Crippen LogP contribution in [0.25, 0.3) is 0 Å². The summed E-state index contributed by atoms with van der Waals surface area (Å²) in [5, 5.41) is 22.7. The lowest BCUT2D eigenvalue weighted by atomic mass is 9.80. The number of halogens is 7. The van der Waals surface area contributed by atoms with Gasteiger partial charge in [-0.25, -0.2) is 4.57 Å². The van der Waals surface area contributed by atoms with E-state index < -0.39 is 34.0 Å². The average Bonchev–Trinajstić information content (AvgIpc) is 2.88. The third-order valence-electron chi connectivity index (χ3n) is 6.08. The zero-order valence-corrected chi connectivity index (χ0v) is 20.5. The number of hydrogen-bond donors (Lipinski definition) is 1. The molecule has 0 aliphatic carbocycles. The van der Waals surface area contributed by atoms with Crippen LogP contribution in [0.4, 0.5) is 32.0 Å². The Balaban J connectivity index is 0.00000420. The van der Waals surface area contributed by atoms with Crippen molar-refractivity contribution in [2.75, 3.05) is 0 Å². The fourth-order valence-corrected chi connectivity index (χ4v) is 4.04. The van der Waals surface area contributed by atoms with Crippen LogP contribution < -0.4 is 17.0 Å². The lowest BCUT2D eigenvalue weighted by Crippen LogP contribution is -3.00. The van der Waals surface area contributed by atoms with Crippen molar-refractivity contribution in [2.45, 2.75) is 24.5 Å². The first-order valence-corrected chi connectivity index (χ1v) is 11.1. The van der Waals surface area contributed by atoms with Gasteiger partial charge >= 0.3 is 12.4 Å². The van der Waals surface area contributed by atoms with Gasteiger partial charge < -0.3 is 17.5 Å². The maximum absolute atomic E-state index is 13.1. The number of nitrogens with zero attached hydrogens (tertiary/aromatic N) is 2. The molecule has 0 saturated heterocycles. The Kier molecular flexibility index (Phi) is 8.37. The van der Waals surface area contributed by atoms with E-state index in [1.807, 2.05) is 0 Å². The molecule has 1 aromatic heterocycles. The molecule has 3 aromatic carbocycles. The summed E-state index contributed by atoms with van der Waals surface area (Å²) in [5.74, 6) is 0. The summed E-state index contributed by atoms with van der Waals surface area (Å²) in [6, 6.07) is 16.4. The molecule has 0 aliphatic rings. The van der Waals surface area contributed by atoms with Crippen molar-refractivity contribution >= 4 is 5.69 Å². The van der Waals surface area contributed by atoms with Crippen LogP contribution in [-0.4, -0.2) is 10.0 Å². The highest BCUT2D eigenvalue weighted by Gasteiger charge is 2.38. The van der Waals surface area contributed by atoms with E-state index in [2.05, 4.69) is 0 Å². The molecular formula is C27H19ClF6N2O3. The summed E-state index contributed by atoms with van der Waals surface area (Å²) in [5.41, 5.74) is -3.01. The standard InChI is InChI=1S/C27H19F6N2O3.ClH/c28-26(29,30)22-7-3-19(4-8-22)25(36,20-5-9-23(10-6-20)27(31,32)33)21-13-15-34(16-14-21)17-18-1-11-24(12-2-18)35(37)38;/h1-16,36H,17H2;1H/q+1;/p-1. The van der Waals surface area contributed by atoms with Crippen molar-refractivity contribution < 1.29 is 53.3 Å². The maximum Gasteiger partial charge on any atom is 0.416 e. The third kappa shape index (κ3) is 6.37. The van der Waals surface area contributed by atoms with Crippen LogP contribution in [-0.2, 0) is 24.5 Å². The summed E-state index contributed by atoms with van der Waals surface area (Å²) < 4.78 is 80.3. The van der Waals surface area contributed by atoms with Gasteiger partial charge in [0, 0.05) is 35.4 Å². The minimum atomic E-state index is -4.61. The second kappa shape index (κ2) is 11.0. The molecule has 5 nitrogen and oxygen atoms in total. The molecule has 0 radical (unpaired) electrons. The van der Waals surface area contributed by atoms with E-state index in [1.165, 1.54) is 24.3 Å². The van der Waals surface area contributed by atoms with Crippen molar-refractivity contribution in [3.8, 4) is 0 Å². The largest absolute Gasteiger partial charge is 1.00 e. The first-order valence-electron chi connectivity index (χ1n) is 11.1. The normalized spacial score (nSPS) is 12.1. The Morgan fingerprint density at radius 2 is 1.00 bits per heavy atom. The number of aromatic nitrogens is 1. The summed E-state index contributed by atoms with van der Waals surface area (Å²) in [4.78, 5) is 10.3. The number of pyridine rings is 1. The summed E-state index contributed by atoms with van der Waals surface area (Å²) in [6.07, 6.45) is -6.06. The lowest BCUT2D eigenvalue weighted by molar-refractivity contribution is -0.688. The number of nitro groups is 1. The Morgan fingerprint density at radius 3 is 1.36 bits per heavy atom. The number of alkyl halides is 6. The topological polar surface area (TPSA) is 67.2 Å². The molecule has 12 heteroatoms. The van der Waals surface area contributed by atoms with Crippen LogP contribution in [0, 0.1) is 10.1 Å². The first kappa shape index (κ1) is 29.6. The van der Waals surface area contributed by atoms with E-state index in [4.69, 9.17) is 0 Å². The van der Waals surface area contributed by atoms with E-state index in [0.29, 0.717) is 6.54 Å². The molecule has 0 aliphatic heterocycles. The van der Waals surface area contributed by atoms with Crippen molar-refractivity contribution in [2.24, 2.45) is 0 Å². The van der Waals surface area contributed by atoms with E-state index in [9.17, 15) is 41.6 Å². The van der Waals surface area contributed by atoms with Gasteiger partial charge in [0.25, 0.3) is 5.69 Å². The smallest absolute Gasteiger partial charge is 0.416 e. The highest BCUT2D eigenvalue weighted by molar-refractivity contribution is 5.47. The molecule has 204 valence electrons. The molecule has 4 rings (SSSR count). The number of hydrogen-bond acceptors (Lipinski definition) is 3. The van der Waals surface area contributed by atoms with Gasteiger partial charge in [-0.3, -0.25) is 10.1 Å². The predicted octanol–water partition coefficient (Wildman–Crippen LogP) is 3.26. The molecule has 0 saturated carbocycles. The van der Waals surface area contributed by atoms with Crippen LogP contribution >= 0.6 is 0 Å². The molecule has 0 amide bonds. The van der Waals surface area contributed by atoms with Crippen molar-refractivity contribution in [1.29, 1.82) is 0 Å². The fraction of sp³-hybridized carbons (Fsp3) is 0.148. The Bertz CT molecular complexity index is 1360. The molecule has 1 N–H and O–H groups in total. The second-order valence-electron chi connectivity index (χ2n) is 8.54. The van der Waals surface area contributed by atoms with Crippen LogP contribution in [0.5, 0.6) is 0 Å². The van der Waals surface area contributed by atoms with Crippen LogP contribution in [0.2, 0.25) is 0 Å².